The van der Waals surface area contributed by atoms with Crippen molar-refractivity contribution in [2.24, 2.45) is 0 Å². The largest absolute Gasteiger partial charge is 0.506 e. The molecule has 16 nitrogen and oxygen atoms in total. The number of aryl methyl sites for hydroxylation is 1. The molecule has 2 N–H and O–H groups in total. The summed E-state index contributed by atoms with van der Waals surface area (Å²) in [7, 11) is 3.41. The first-order valence-corrected chi connectivity index (χ1v) is 20.4. The number of hydrogen-bond acceptors (Lipinski definition) is 13. The number of rotatable bonds is 5. The summed E-state index contributed by atoms with van der Waals surface area (Å²) in [6, 6.07) is 12.2. The van der Waals surface area contributed by atoms with E-state index in [0.29, 0.717) is 76.8 Å². The van der Waals surface area contributed by atoms with E-state index in [9.17, 15) is 14.3 Å². The highest BCUT2D eigenvalue weighted by molar-refractivity contribution is 5.94. The monoisotopic (exact) mass is 818 g/mol. The van der Waals surface area contributed by atoms with Gasteiger partial charge < -0.3 is 39.2 Å². The number of carbonyl (C=O) groups excluding carboxylic acids is 1. The first-order chi connectivity index (χ1) is 29.1. The summed E-state index contributed by atoms with van der Waals surface area (Å²) in [6.45, 7) is 6.08. The molecule has 6 aliphatic rings. The Morgan fingerprint density at radius 3 is 2.52 bits per heavy atom. The molecule has 6 aromatic rings. The molecule has 60 heavy (non-hydrogen) atoms. The van der Waals surface area contributed by atoms with Crippen LogP contribution in [0.1, 0.15) is 18.7 Å². The number of benzene rings is 2. The van der Waals surface area contributed by atoms with Crippen LogP contribution in [0.2, 0.25) is 0 Å². The minimum Gasteiger partial charge on any atom is -0.506 e. The van der Waals surface area contributed by atoms with Gasteiger partial charge in [-0.25, -0.2) is 23.4 Å². The lowest BCUT2D eigenvalue weighted by molar-refractivity contribution is -0.132. The molecular weight excluding hydrogens is 775 g/mol. The van der Waals surface area contributed by atoms with Gasteiger partial charge in [-0.1, -0.05) is 6.07 Å². The van der Waals surface area contributed by atoms with Crippen LogP contribution in [-0.2, 0) is 20.8 Å². The van der Waals surface area contributed by atoms with Crippen molar-refractivity contribution in [1.82, 2.24) is 44.1 Å². The maximum absolute atomic E-state index is 15.2. The minimum absolute atomic E-state index is 0.121. The van der Waals surface area contributed by atoms with E-state index in [1.807, 2.05) is 34.6 Å². The molecular formula is C42H44F2N12O4. The van der Waals surface area contributed by atoms with Gasteiger partial charge in [-0.2, -0.15) is 15.1 Å². The number of halogens is 2. The molecule has 2 unspecified atom stereocenters. The number of piperazine rings is 1. The number of aromatic nitrogens is 7. The average molecular weight is 819 g/mol. The van der Waals surface area contributed by atoms with Crippen LogP contribution in [0, 0.1) is 18.6 Å². The van der Waals surface area contributed by atoms with Gasteiger partial charge in [-0.05, 0) is 50.1 Å². The molecule has 5 fully saturated rings. The molecule has 0 aliphatic carbocycles. The van der Waals surface area contributed by atoms with Crippen LogP contribution in [0.4, 0.5) is 26.4 Å². The summed E-state index contributed by atoms with van der Waals surface area (Å²) >= 11 is 0. The van der Waals surface area contributed by atoms with Gasteiger partial charge in [0.25, 0.3) is 0 Å². The van der Waals surface area contributed by atoms with Crippen molar-refractivity contribution in [1.29, 1.82) is 0 Å². The zero-order valence-electron chi connectivity index (χ0n) is 33.4. The number of aromatic hydroxyl groups is 1. The topological polar surface area (TPSA) is 155 Å². The number of phenols is 1. The highest BCUT2D eigenvalue weighted by Gasteiger charge is 2.49. The Kier molecular flexibility index (Phi) is 8.68. The summed E-state index contributed by atoms with van der Waals surface area (Å²) in [5.41, 5.74) is 3.13. The Hall–Kier alpha value is -5.98. The van der Waals surface area contributed by atoms with Crippen LogP contribution in [0.3, 0.4) is 0 Å². The van der Waals surface area contributed by atoms with Crippen molar-refractivity contribution >= 4 is 45.6 Å². The van der Waals surface area contributed by atoms with Crippen LogP contribution in [-0.4, -0.2) is 145 Å². The minimum atomic E-state index is -0.662. The van der Waals surface area contributed by atoms with Crippen LogP contribution < -0.4 is 15.1 Å². The van der Waals surface area contributed by atoms with Crippen molar-refractivity contribution in [3.05, 3.63) is 72.2 Å². The van der Waals surface area contributed by atoms with E-state index in [2.05, 4.69) is 20.2 Å². The van der Waals surface area contributed by atoms with E-state index >= 15 is 4.39 Å². The summed E-state index contributed by atoms with van der Waals surface area (Å²) < 4.78 is 44.4. The Labute approximate surface area is 343 Å². The first-order valence-electron chi connectivity index (χ1n) is 20.4. The molecule has 0 spiro atoms. The average Bonchev–Trinajstić information content (AvgIpc) is 3.91. The lowest BCUT2D eigenvalue weighted by Crippen LogP contribution is -2.72. The number of anilines is 3. The van der Waals surface area contributed by atoms with Crippen molar-refractivity contribution in [2.75, 3.05) is 68.7 Å². The third kappa shape index (κ3) is 6.02. The molecule has 4 aromatic heterocycles. The fourth-order valence-electron chi connectivity index (χ4n) is 9.88. The van der Waals surface area contributed by atoms with E-state index in [4.69, 9.17) is 29.4 Å². The molecule has 6 bridgehead atoms. The number of methoxy groups -OCH3 is 1. The zero-order valence-corrected chi connectivity index (χ0v) is 33.4. The fourth-order valence-corrected chi connectivity index (χ4v) is 9.88. The predicted molar refractivity (Wildman–Crippen MR) is 218 cm³/mol. The number of likely N-dealkylation sites (N-methyl/N-ethyl adjacent to an activating group) is 1. The number of hydrogen-bond donors (Lipinski definition) is 2. The van der Waals surface area contributed by atoms with Gasteiger partial charge >= 0.3 is 0 Å². The van der Waals surface area contributed by atoms with Gasteiger partial charge in [0.1, 0.15) is 46.6 Å². The Morgan fingerprint density at radius 1 is 0.917 bits per heavy atom. The van der Waals surface area contributed by atoms with Gasteiger partial charge in [-0.3, -0.25) is 9.69 Å². The van der Waals surface area contributed by atoms with E-state index in [1.165, 1.54) is 28.9 Å². The lowest BCUT2D eigenvalue weighted by Gasteiger charge is -2.58. The fraction of sp³-hybridized carbons (Fsp3) is 0.429. The zero-order chi connectivity index (χ0) is 41.0. The number of imidazole rings is 1. The number of nitrogens with one attached hydrogen (secondary N) is 1. The second-order valence-corrected chi connectivity index (χ2v) is 16.7. The van der Waals surface area contributed by atoms with E-state index in [1.54, 1.807) is 25.3 Å². The SMILES string of the molecule is CO[C@H]1CN(C)C(=O)[C@@H]2C[C@@H](CN2c2nc(N3C4CC3CN(C3COC3)C4)nc3c2cnn3-c2ccc(F)cc2O)Nc2cccc(n2)-c2cc(F)cc3nc(C)n(c23)C1. The maximum atomic E-state index is 15.2. The first kappa shape index (κ1) is 37.1. The number of fused-ring (bicyclic) bond motifs is 8. The molecule has 1 amide bonds. The summed E-state index contributed by atoms with van der Waals surface area (Å²) in [5.74, 6) is 0.900. The molecule has 5 saturated heterocycles. The molecule has 0 radical (unpaired) electrons. The van der Waals surface area contributed by atoms with E-state index in [-0.39, 0.29) is 42.0 Å². The normalized spacial score (nSPS) is 24.6. The molecule has 5 atom stereocenters. The molecule has 310 valence electrons. The number of phenolic OH excluding ortho intramolecular Hbond substituents is 1. The summed E-state index contributed by atoms with van der Waals surface area (Å²) in [4.78, 5) is 43.5. The Balaban J connectivity index is 1.02. The molecule has 2 aromatic carbocycles. The number of piperidine rings is 1. The van der Waals surface area contributed by atoms with Gasteiger partial charge in [-0.15, -0.1) is 0 Å². The van der Waals surface area contributed by atoms with E-state index in [0.717, 1.165) is 44.3 Å². The quantitative estimate of drug-likeness (QED) is 0.260. The highest BCUT2D eigenvalue weighted by atomic mass is 19.1. The smallest absolute Gasteiger partial charge is 0.245 e. The Morgan fingerprint density at radius 2 is 1.75 bits per heavy atom. The van der Waals surface area contributed by atoms with Gasteiger partial charge in [0, 0.05) is 76.2 Å². The molecule has 0 saturated carbocycles. The van der Waals surface area contributed by atoms with Crippen LogP contribution in [0.25, 0.3) is 39.0 Å². The van der Waals surface area contributed by atoms with E-state index < -0.39 is 23.8 Å². The van der Waals surface area contributed by atoms with Crippen LogP contribution in [0.5, 0.6) is 5.75 Å². The number of amides is 1. The molecule has 12 rings (SSSR count). The standard InChI is InChI=1S/C42H44F2N12O4/c1-22-46-33-10-24(44)9-30-32-5-4-6-37(48-32)47-25-12-35(41(58)51(2)18-29(59-3)19-53(22)38(30)33)54(15-25)39-31-14-45-56(34-8-7-23(43)11-36(34)57)40(31)50-42(49-39)55-26-13-27(55)17-52(16-26)28-20-60-21-28/h4-11,14,25-29,35,57H,12-13,15-21H2,1-3H3,(H,47,48)/t25-,26?,27?,29-,35-/m0/s1. The molecule has 18 heteroatoms. The Bertz CT molecular complexity index is 2670. The maximum Gasteiger partial charge on any atom is 0.245 e. The second kappa shape index (κ2) is 14.1. The molecule has 10 heterocycles. The van der Waals surface area contributed by atoms with Gasteiger partial charge in [0.15, 0.2) is 5.65 Å². The summed E-state index contributed by atoms with van der Waals surface area (Å²) in [5, 5.41) is 19.8. The van der Waals surface area contributed by atoms with Crippen molar-refractivity contribution in [2.45, 2.75) is 62.6 Å². The number of nitrogens with zero attached hydrogens (tertiary/aromatic N) is 11. The van der Waals surface area contributed by atoms with Gasteiger partial charge in [0.05, 0.1) is 60.2 Å². The third-order valence-corrected chi connectivity index (χ3v) is 13.0. The van der Waals surface area contributed by atoms with Crippen molar-refractivity contribution in [3.63, 3.8) is 0 Å². The van der Waals surface area contributed by atoms with Crippen molar-refractivity contribution < 1.29 is 28.2 Å². The number of pyridine rings is 1. The highest BCUT2D eigenvalue weighted by Crippen LogP contribution is 2.41. The second-order valence-electron chi connectivity index (χ2n) is 16.7. The number of carbonyl (C=O) groups is 1. The number of ether oxygens (including phenoxy) is 2. The van der Waals surface area contributed by atoms with Crippen LogP contribution in [0.15, 0.2) is 54.7 Å². The van der Waals surface area contributed by atoms with Crippen LogP contribution >= 0.6 is 0 Å². The lowest BCUT2D eigenvalue weighted by atomic mass is 9.86. The van der Waals surface area contributed by atoms with Crippen molar-refractivity contribution in [3.8, 4) is 22.7 Å². The predicted octanol–water partition coefficient (Wildman–Crippen LogP) is 3.73. The van der Waals surface area contributed by atoms with Gasteiger partial charge in [0.2, 0.25) is 11.9 Å². The molecule has 6 aliphatic heterocycles. The summed E-state index contributed by atoms with van der Waals surface area (Å²) in [6.07, 6.45) is 2.63. The third-order valence-electron chi connectivity index (χ3n) is 13.0.